The van der Waals surface area contributed by atoms with Crippen molar-refractivity contribution in [3.63, 3.8) is 0 Å². The molecular formula is C22H23N3O. The van der Waals surface area contributed by atoms with E-state index in [2.05, 4.69) is 64.7 Å². The van der Waals surface area contributed by atoms with Crippen LogP contribution in [0.4, 0.5) is 5.82 Å². The van der Waals surface area contributed by atoms with E-state index in [1.165, 1.54) is 24.0 Å². The molecule has 1 unspecified atom stereocenters. The lowest BCUT2D eigenvalue weighted by atomic mass is 9.86. The van der Waals surface area contributed by atoms with Crippen LogP contribution in [0.5, 0.6) is 5.75 Å². The number of fused-ring (bicyclic) bond motifs is 2. The molecule has 0 bridgehead atoms. The van der Waals surface area contributed by atoms with Crippen molar-refractivity contribution in [1.29, 1.82) is 0 Å². The number of aromatic nitrogens is 2. The predicted octanol–water partition coefficient (Wildman–Crippen LogP) is 5.19. The number of rotatable bonds is 2. The van der Waals surface area contributed by atoms with Gasteiger partial charge in [-0.3, -0.25) is 0 Å². The summed E-state index contributed by atoms with van der Waals surface area (Å²) >= 11 is 0. The molecule has 0 amide bonds. The summed E-state index contributed by atoms with van der Waals surface area (Å²) in [6.07, 6.45) is 7.43. The highest BCUT2D eigenvalue weighted by atomic mass is 16.5. The van der Waals surface area contributed by atoms with Gasteiger partial charge in [-0.25, -0.2) is 9.97 Å². The molecule has 1 aromatic heterocycles. The van der Waals surface area contributed by atoms with E-state index in [1.807, 2.05) is 0 Å². The molecule has 2 aromatic carbocycles. The van der Waals surface area contributed by atoms with Gasteiger partial charge < -0.3 is 10.1 Å². The third-order valence-corrected chi connectivity index (χ3v) is 5.81. The van der Waals surface area contributed by atoms with Crippen molar-refractivity contribution >= 4 is 16.7 Å². The molecule has 0 saturated heterocycles. The predicted molar refractivity (Wildman–Crippen MR) is 104 cm³/mol. The maximum Gasteiger partial charge on any atom is 0.137 e. The summed E-state index contributed by atoms with van der Waals surface area (Å²) in [5.74, 6) is 1.93. The van der Waals surface area contributed by atoms with E-state index >= 15 is 0 Å². The summed E-state index contributed by atoms with van der Waals surface area (Å²) in [6, 6.07) is 15.0. The smallest absolute Gasteiger partial charge is 0.137 e. The first-order chi connectivity index (χ1) is 12.7. The van der Waals surface area contributed by atoms with Gasteiger partial charge in [0.15, 0.2) is 0 Å². The SMILES string of the molecule is Cc1ccc2c(NC3CC4(CCCC4)Oc4ccccc43)ncnc2c1. The number of aryl methyl sites for hydroxylation is 1. The van der Waals surface area contributed by atoms with Gasteiger partial charge in [0.1, 0.15) is 23.5 Å². The Morgan fingerprint density at radius 1 is 1.08 bits per heavy atom. The van der Waals surface area contributed by atoms with Gasteiger partial charge in [-0.1, -0.05) is 24.3 Å². The molecular weight excluding hydrogens is 322 g/mol. The van der Waals surface area contributed by atoms with Crippen LogP contribution in [0.2, 0.25) is 0 Å². The van der Waals surface area contributed by atoms with Gasteiger partial charge in [0.25, 0.3) is 0 Å². The van der Waals surface area contributed by atoms with Gasteiger partial charge in [-0.05, 0) is 56.4 Å². The fraction of sp³-hybridized carbons (Fsp3) is 0.364. The van der Waals surface area contributed by atoms with Crippen LogP contribution in [0.25, 0.3) is 10.9 Å². The molecule has 1 aliphatic heterocycles. The molecule has 4 heteroatoms. The quantitative estimate of drug-likeness (QED) is 0.694. The summed E-state index contributed by atoms with van der Waals surface area (Å²) in [4.78, 5) is 8.99. The van der Waals surface area contributed by atoms with Crippen molar-refractivity contribution in [3.8, 4) is 5.75 Å². The Kier molecular flexibility index (Phi) is 3.59. The topological polar surface area (TPSA) is 47.0 Å². The van der Waals surface area contributed by atoms with E-state index in [0.29, 0.717) is 0 Å². The lowest BCUT2D eigenvalue weighted by Gasteiger charge is -2.40. The summed E-state index contributed by atoms with van der Waals surface area (Å²) < 4.78 is 6.48. The molecule has 132 valence electrons. The van der Waals surface area contributed by atoms with Gasteiger partial charge in [0.05, 0.1) is 11.6 Å². The second-order valence-electron chi connectivity index (χ2n) is 7.67. The minimum Gasteiger partial charge on any atom is -0.487 e. The van der Waals surface area contributed by atoms with Crippen molar-refractivity contribution in [1.82, 2.24) is 9.97 Å². The minimum absolute atomic E-state index is 0.0224. The van der Waals surface area contributed by atoms with Gasteiger partial charge in [0.2, 0.25) is 0 Å². The van der Waals surface area contributed by atoms with Crippen LogP contribution < -0.4 is 10.1 Å². The second kappa shape index (κ2) is 5.97. The third-order valence-electron chi connectivity index (χ3n) is 5.81. The van der Waals surface area contributed by atoms with Gasteiger partial charge >= 0.3 is 0 Å². The molecule has 1 atom stereocenters. The van der Waals surface area contributed by atoms with E-state index in [4.69, 9.17) is 4.74 Å². The maximum absolute atomic E-state index is 6.48. The van der Waals surface area contributed by atoms with Gasteiger partial charge in [0, 0.05) is 17.4 Å². The summed E-state index contributed by atoms with van der Waals surface area (Å²) in [6.45, 7) is 2.09. The molecule has 5 rings (SSSR count). The van der Waals surface area contributed by atoms with Crippen LogP contribution in [0.3, 0.4) is 0 Å². The summed E-state index contributed by atoms with van der Waals surface area (Å²) in [5.41, 5.74) is 3.40. The monoisotopic (exact) mass is 345 g/mol. The average molecular weight is 345 g/mol. The van der Waals surface area contributed by atoms with Crippen LogP contribution in [0, 0.1) is 6.92 Å². The number of hydrogen-bond acceptors (Lipinski definition) is 4. The Balaban J connectivity index is 1.55. The zero-order valence-electron chi connectivity index (χ0n) is 15.0. The van der Waals surface area contributed by atoms with E-state index < -0.39 is 0 Å². The van der Waals surface area contributed by atoms with Crippen LogP contribution in [-0.2, 0) is 0 Å². The summed E-state index contributed by atoms with van der Waals surface area (Å²) in [7, 11) is 0. The summed E-state index contributed by atoms with van der Waals surface area (Å²) in [5, 5.41) is 4.79. The zero-order chi connectivity index (χ0) is 17.6. The van der Waals surface area contributed by atoms with Crippen LogP contribution >= 0.6 is 0 Å². The van der Waals surface area contributed by atoms with Crippen molar-refractivity contribution in [2.75, 3.05) is 5.32 Å². The Hall–Kier alpha value is -2.62. The fourth-order valence-electron chi connectivity index (χ4n) is 4.52. The van der Waals surface area contributed by atoms with Crippen molar-refractivity contribution in [2.24, 2.45) is 0 Å². The Morgan fingerprint density at radius 2 is 1.92 bits per heavy atom. The molecule has 1 saturated carbocycles. The van der Waals surface area contributed by atoms with Crippen molar-refractivity contribution in [2.45, 2.75) is 50.7 Å². The highest BCUT2D eigenvalue weighted by Gasteiger charge is 2.43. The third kappa shape index (κ3) is 2.61. The van der Waals surface area contributed by atoms with E-state index in [1.54, 1.807) is 6.33 Å². The van der Waals surface area contributed by atoms with Crippen molar-refractivity contribution in [3.05, 3.63) is 59.9 Å². The number of ether oxygens (including phenoxy) is 1. The number of benzene rings is 2. The van der Waals surface area contributed by atoms with Gasteiger partial charge in [-0.15, -0.1) is 0 Å². The molecule has 1 spiro atoms. The minimum atomic E-state index is -0.0224. The highest BCUT2D eigenvalue weighted by Crippen LogP contribution is 2.48. The number of para-hydroxylation sites is 1. The number of hydrogen-bond donors (Lipinski definition) is 1. The molecule has 3 aromatic rings. The number of nitrogens with zero attached hydrogens (tertiary/aromatic N) is 2. The standard InChI is InChI=1S/C22H23N3O/c1-15-8-9-17-18(12-15)23-14-24-21(17)25-19-13-22(10-4-5-11-22)26-20-7-3-2-6-16(19)20/h2-3,6-9,12,14,19H,4-5,10-11,13H2,1H3,(H,23,24,25). The van der Waals surface area contributed by atoms with E-state index in [0.717, 1.165) is 41.7 Å². The molecule has 1 N–H and O–H groups in total. The number of nitrogens with one attached hydrogen (secondary N) is 1. The molecule has 1 aliphatic carbocycles. The highest BCUT2D eigenvalue weighted by molar-refractivity contribution is 5.89. The van der Waals surface area contributed by atoms with Gasteiger partial charge in [-0.2, -0.15) is 0 Å². The zero-order valence-corrected chi connectivity index (χ0v) is 15.0. The molecule has 2 heterocycles. The lowest BCUT2D eigenvalue weighted by molar-refractivity contribution is 0.0453. The van der Waals surface area contributed by atoms with Crippen molar-refractivity contribution < 1.29 is 4.74 Å². The Morgan fingerprint density at radius 3 is 2.81 bits per heavy atom. The first-order valence-corrected chi connectivity index (χ1v) is 9.48. The van der Waals surface area contributed by atoms with Crippen LogP contribution in [0.1, 0.15) is 49.3 Å². The lowest BCUT2D eigenvalue weighted by Crippen LogP contribution is -2.40. The molecule has 4 nitrogen and oxygen atoms in total. The Bertz CT molecular complexity index is 963. The normalized spacial score (nSPS) is 20.7. The van der Waals surface area contributed by atoms with E-state index in [9.17, 15) is 0 Å². The molecule has 26 heavy (non-hydrogen) atoms. The second-order valence-corrected chi connectivity index (χ2v) is 7.67. The first kappa shape index (κ1) is 15.6. The molecule has 0 radical (unpaired) electrons. The van der Waals surface area contributed by atoms with E-state index in [-0.39, 0.29) is 11.6 Å². The average Bonchev–Trinajstić information content (AvgIpc) is 3.09. The maximum atomic E-state index is 6.48. The van der Waals surface area contributed by atoms with Crippen LogP contribution in [-0.4, -0.2) is 15.6 Å². The Labute approximate surface area is 153 Å². The largest absolute Gasteiger partial charge is 0.487 e. The molecule has 1 fully saturated rings. The number of anilines is 1. The fourth-order valence-corrected chi connectivity index (χ4v) is 4.52. The van der Waals surface area contributed by atoms with Crippen LogP contribution in [0.15, 0.2) is 48.8 Å². The first-order valence-electron chi connectivity index (χ1n) is 9.48. The molecule has 2 aliphatic rings.